The lowest BCUT2D eigenvalue weighted by molar-refractivity contribution is 0.150. The van der Waals surface area contributed by atoms with Gasteiger partial charge in [0.25, 0.3) is 0 Å². The largest absolute Gasteiger partial charge is 0.355 e. The van der Waals surface area contributed by atoms with Crippen LogP contribution in [0.4, 0.5) is 0 Å². The van der Waals surface area contributed by atoms with Crippen LogP contribution in [0.2, 0.25) is 0 Å². The molecule has 1 aromatic carbocycles. The second kappa shape index (κ2) is 10.4. The van der Waals surface area contributed by atoms with Crippen molar-refractivity contribution in [2.24, 2.45) is 4.99 Å². The lowest BCUT2D eigenvalue weighted by atomic mass is 10.0. The number of benzene rings is 1. The van der Waals surface area contributed by atoms with Gasteiger partial charge in [0.15, 0.2) is 5.96 Å². The predicted molar refractivity (Wildman–Crippen MR) is 123 cm³/mol. The summed E-state index contributed by atoms with van der Waals surface area (Å²) < 4.78 is 0. The monoisotopic (exact) mass is 399 g/mol. The van der Waals surface area contributed by atoms with E-state index in [4.69, 9.17) is 0 Å². The van der Waals surface area contributed by atoms with E-state index in [2.05, 4.69) is 76.9 Å². The van der Waals surface area contributed by atoms with Crippen molar-refractivity contribution >= 4 is 5.96 Å². The van der Waals surface area contributed by atoms with Crippen molar-refractivity contribution in [2.75, 3.05) is 26.7 Å². The average Bonchev–Trinajstić information content (AvgIpc) is 3.27. The van der Waals surface area contributed by atoms with Gasteiger partial charge in [-0.25, -0.2) is 0 Å². The first-order valence-electron chi connectivity index (χ1n) is 11.5. The molecule has 5 heteroatoms. The Morgan fingerprint density at radius 2 is 1.76 bits per heavy atom. The number of likely N-dealkylation sites (tertiary alicyclic amines) is 1. The summed E-state index contributed by atoms with van der Waals surface area (Å²) in [6.07, 6.45) is 8.08. The highest BCUT2D eigenvalue weighted by molar-refractivity contribution is 5.80. The fraction of sp³-hybridized carbons (Fsp3) is 0.708. The lowest BCUT2D eigenvalue weighted by Gasteiger charge is -2.37. The number of rotatable bonds is 7. The quantitative estimate of drug-likeness (QED) is 0.483. The van der Waals surface area contributed by atoms with E-state index in [1.165, 1.54) is 57.2 Å². The molecule has 2 aliphatic rings. The molecule has 1 aliphatic heterocycles. The molecule has 1 aliphatic carbocycles. The van der Waals surface area contributed by atoms with Crippen molar-refractivity contribution < 1.29 is 0 Å². The summed E-state index contributed by atoms with van der Waals surface area (Å²) in [5, 5.41) is 10.9. The minimum atomic E-state index is -0.0429. The van der Waals surface area contributed by atoms with Crippen molar-refractivity contribution in [2.45, 2.75) is 83.0 Å². The fourth-order valence-corrected chi connectivity index (χ4v) is 4.83. The van der Waals surface area contributed by atoms with Gasteiger partial charge in [-0.2, -0.15) is 0 Å². The lowest BCUT2D eigenvalue weighted by Crippen LogP contribution is -2.55. The second-order valence-corrected chi connectivity index (χ2v) is 9.48. The van der Waals surface area contributed by atoms with E-state index in [0.717, 1.165) is 18.5 Å². The van der Waals surface area contributed by atoms with Gasteiger partial charge >= 0.3 is 0 Å². The maximum absolute atomic E-state index is 4.47. The average molecular weight is 400 g/mol. The maximum Gasteiger partial charge on any atom is 0.191 e. The van der Waals surface area contributed by atoms with E-state index in [1.54, 1.807) is 0 Å². The van der Waals surface area contributed by atoms with Gasteiger partial charge < -0.3 is 20.9 Å². The van der Waals surface area contributed by atoms with Crippen molar-refractivity contribution in [1.82, 2.24) is 20.9 Å². The minimum absolute atomic E-state index is 0.0429. The van der Waals surface area contributed by atoms with Crippen LogP contribution in [0.15, 0.2) is 35.3 Å². The van der Waals surface area contributed by atoms with Crippen LogP contribution >= 0.6 is 0 Å². The third-order valence-electron chi connectivity index (χ3n) is 6.54. The Labute approximate surface area is 177 Å². The Morgan fingerprint density at radius 3 is 2.38 bits per heavy atom. The molecule has 1 saturated heterocycles. The summed E-state index contributed by atoms with van der Waals surface area (Å²) in [7, 11) is 1.87. The van der Waals surface area contributed by atoms with E-state index in [-0.39, 0.29) is 5.54 Å². The van der Waals surface area contributed by atoms with Crippen molar-refractivity contribution in [3.63, 3.8) is 0 Å². The predicted octanol–water partition coefficient (Wildman–Crippen LogP) is 3.69. The van der Waals surface area contributed by atoms with Gasteiger partial charge in [0.05, 0.1) is 0 Å². The highest BCUT2D eigenvalue weighted by Gasteiger charge is 2.28. The minimum Gasteiger partial charge on any atom is -0.355 e. The summed E-state index contributed by atoms with van der Waals surface area (Å²) in [6, 6.07) is 12.3. The molecule has 162 valence electrons. The molecule has 0 radical (unpaired) electrons. The molecule has 1 unspecified atom stereocenters. The van der Waals surface area contributed by atoms with Crippen LogP contribution in [-0.2, 0) is 0 Å². The van der Waals surface area contributed by atoms with Gasteiger partial charge in [-0.05, 0) is 52.0 Å². The molecule has 3 N–H and O–H groups in total. The van der Waals surface area contributed by atoms with Gasteiger partial charge in [-0.15, -0.1) is 0 Å². The first kappa shape index (κ1) is 22.1. The first-order chi connectivity index (χ1) is 14.0. The van der Waals surface area contributed by atoms with Crippen LogP contribution in [0, 0.1) is 0 Å². The Balaban J connectivity index is 1.41. The van der Waals surface area contributed by atoms with Crippen LogP contribution in [0.3, 0.4) is 0 Å². The van der Waals surface area contributed by atoms with E-state index in [0.29, 0.717) is 12.1 Å². The van der Waals surface area contributed by atoms with Gasteiger partial charge in [-0.1, -0.05) is 43.2 Å². The molecule has 0 spiro atoms. The summed E-state index contributed by atoms with van der Waals surface area (Å²) in [5.74, 6) is 0.923. The number of guanidine groups is 1. The van der Waals surface area contributed by atoms with E-state index >= 15 is 0 Å². The van der Waals surface area contributed by atoms with Crippen LogP contribution in [0.1, 0.15) is 70.9 Å². The fourth-order valence-electron chi connectivity index (χ4n) is 4.83. The maximum atomic E-state index is 4.47. The topological polar surface area (TPSA) is 51.7 Å². The summed E-state index contributed by atoms with van der Waals surface area (Å²) in [5.41, 5.74) is 1.27. The molecule has 0 bridgehead atoms. The van der Waals surface area contributed by atoms with E-state index in [9.17, 15) is 0 Å². The van der Waals surface area contributed by atoms with Crippen LogP contribution in [-0.4, -0.2) is 55.2 Å². The Morgan fingerprint density at radius 1 is 1.10 bits per heavy atom. The highest BCUT2D eigenvalue weighted by atomic mass is 15.2. The Hall–Kier alpha value is -1.59. The molecule has 29 heavy (non-hydrogen) atoms. The number of piperidine rings is 1. The highest BCUT2D eigenvalue weighted by Crippen LogP contribution is 2.26. The van der Waals surface area contributed by atoms with E-state index < -0.39 is 0 Å². The molecular weight excluding hydrogens is 358 g/mol. The molecule has 5 nitrogen and oxygen atoms in total. The van der Waals surface area contributed by atoms with Crippen LogP contribution in [0.5, 0.6) is 0 Å². The molecular formula is C24H41N5. The number of nitrogens with zero attached hydrogens (tertiary/aromatic N) is 2. The molecule has 1 heterocycles. The van der Waals surface area contributed by atoms with Gasteiger partial charge in [0.2, 0.25) is 0 Å². The number of hydrogen-bond donors (Lipinski definition) is 3. The zero-order valence-corrected chi connectivity index (χ0v) is 18.9. The summed E-state index contributed by atoms with van der Waals surface area (Å²) in [4.78, 5) is 7.19. The van der Waals surface area contributed by atoms with Crippen molar-refractivity contribution in [3.8, 4) is 0 Å². The number of nitrogens with one attached hydrogen (secondary N) is 3. The molecule has 3 rings (SSSR count). The molecule has 2 fully saturated rings. The van der Waals surface area contributed by atoms with Gasteiger partial charge in [0.1, 0.15) is 0 Å². The second-order valence-electron chi connectivity index (χ2n) is 9.48. The summed E-state index contributed by atoms with van der Waals surface area (Å²) >= 11 is 0. The van der Waals surface area contributed by atoms with Crippen LogP contribution < -0.4 is 16.0 Å². The Bertz CT molecular complexity index is 628. The molecule has 1 aromatic rings. The number of aliphatic imine (C=N–C) groups is 1. The first-order valence-corrected chi connectivity index (χ1v) is 11.5. The number of hydrogen-bond acceptors (Lipinski definition) is 3. The third kappa shape index (κ3) is 6.71. The zero-order valence-electron chi connectivity index (χ0n) is 18.9. The molecule has 1 atom stereocenters. The smallest absolute Gasteiger partial charge is 0.191 e. The standard InChI is InChI=1S/C24H41N5/c1-19(20-10-6-5-7-11-20)28-24(2,3)18-26-23(25-4)27-21-14-16-29(17-15-21)22-12-8-9-13-22/h5-7,10-11,19,21-22,28H,8-9,12-18H2,1-4H3,(H2,25,26,27). The van der Waals surface area contributed by atoms with Crippen molar-refractivity contribution in [1.29, 1.82) is 0 Å². The van der Waals surface area contributed by atoms with E-state index in [1.807, 2.05) is 7.05 Å². The van der Waals surface area contributed by atoms with Crippen molar-refractivity contribution in [3.05, 3.63) is 35.9 Å². The Kier molecular flexibility index (Phi) is 7.96. The molecule has 0 aromatic heterocycles. The normalized spacial score (nSPS) is 21.3. The van der Waals surface area contributed by atoms with Gasteiger partial charge in [0, 0.05) is 50.3 Å². The molecule has 1 saturated carbocycles. The van der Waals surface area contributed by atoms with Gasteiger partial charge in [-0.3, -0.25) is 4.99 Å². The third-order valence-corrected chi connectivity index (χ3v) is 6.54. The summed E-state index contributed by atoms with van der Waals surface area (Å²) in [6.45, 7) is 9.98. The van der Waals surface area contributed by atoms with Crippen LogP contribution in [0.25, 0.3) is 0 Å². The zero-order chi connectivity index (χ0) is 20.7. The SMILES string of the molecule is CN=C(NCC(C)(C)NC(C)c1ccccc1)NC1CCN(C2CCCC2)CC1. The molecule has 0 amide bonds.